The van der Waals surface area contributed by atoms with Gasteiger partial charge in [0.25, 0.3) is 5.91 Å². The van der Waals surface area contributed by atoms with Gasteiger partial charge in [0.1, 0.15) is 5.75 Å². The Balaban J connectivity index is 1.38. The summed E-state index contributed by atoms with van der Waals surface area (Å²) >= 11 is 1.37. The highest BCUT2D eigenvalue weighted by Crippen LogP contribution is 2.32. The molecular formula is C30H26N6O4S. The van der Waals surface area contributed by atoms with E-state index in [9.17, 15) is 9.59 Å². The van der Waals surface area contributed by atoms with E-state index in [0.717, 1.165) is 21.8 Å². The number of nitrogens with one attached hydrogen (secondary N) is 1. The number of benzene rings is 3. The van der Waals surface area contributed by atoms with E-state index in [2.05, 4.69) is 20.3 Å². The molecule has 6 rings (SSSR count). The lowest BCUT2D eigenvalue weighted by atomic mass is 10.1. The van der Waals surface area contributed by atoms with E-state index < -0.39 is 5.56 Å². The molecule has 2 aromatic heterocycles. The number of amides is 1. The maximum atomic E-state index is 13.7. The highest BCUT2D eigenvalue weighted by atomic mass is 32.1. The van der Waals surface area contributed by atoms with Gasteiger partial charge >= 0.3 is 5.56 Å². The summed E-state index contributed by atoms with van der Waals surface area (Å²) in [5.74, 6) is 0.612. The van der Waals surface area contributed by atoms with E-state index in [1.165, 1.54) is 16.0 Å². The number of hydrogen-bond donors (Lipinski definition) is 1. The van der Waals surface area contributed by atoms with Gasteiger partial charge in [-0.15, -0.1) is 10.2 Å². The zero-order valence-electron chi connectivity index (χ0n) is 22.2. The van der Waals surface area contributed by atoms with Crippen LogP contribution in [0.15, 0.2) is 100 Å². The topological polar surface area (TPSA) is 114 Å². The third kappa shape index (κ3) is 5.45. The second-order valence-corrected chi connectivity index (χ2v) is 10.2. The number of carbonyl (C=O) groups excluding carboxylic acids is 1. The third-order valence-corrected chi connectivity index (χ3v) is 7.71. The molecule has 1 fully saturated rings. The van der Waals surface area contributed by atoms with Crippen molar-refractivity contribution in [3.05, 3.63) is 101 Å². The maximum absolute atomic E-state index is 13.7. The standard InChI is InChI=1S/C30H26N6O4S/c1-39-22-13-11-20(12-14-22)25-19-31-30(41-25)36-29(38)27(26(34-36)21-7-3-2-4-8-21)33-32-24-10-6-5-9-23(24)28(37)35-15-17-40-18-16-35/h2-14,19,34H,15-18H2,1H3. The highest BCUT2D eigenvalue weighted by Gasteiger charge is 2.22. The number of morpholine rings is 1. The number of H-pyrrole nitrogens is 1. The summed E-state index contributed by atoms with van der Waals surface area (Å²) in [4.78, 5) is 34.1. The Morgan fingerprint density at radius 1 is 0.951 bits per heavy atom. The Morgan fingerprint density at radius 2 is 1.68 bits per heavy atom. The van der Waals surface area contributed by atoms with Gasteiger partial charge in [0.15, 0.2) is 5.69 Å². The van der Waals surface area contributed by atoms with Crippen LogP contribution in [0.4, 0.5) is 11.4 Å². The molecule has 206 valence electrons. The lowest BCUT2D eigenvalue weighted by Gasteiger charge is -2.27. The number of rotatable bonds is 7. The molecule has 3 aromatic carbocycles. The maximum Gasteiger partial charge on any atom is 0.301 e. The SMILES string of the molecule is COc1ccc(-c2cnc(-n3[nH]c(-c4ccccc4)c(N=Nc4ccccc4C(=O)N4CCOCC4)c3=O)s2)cc1. The molecule has 0 atom stereocenters. The number of nitrogens with zero attached hydrogens (tertiary/aromatic N) is 5. The van der Waals surface area contributed by atoms with Gasteiger partial charge in [-0.1, -0.05) is 53.8 Å². The van der Waals surface area contributed by atoms with Crippen LogP contribution in [0, 0.1) is 0 Å². The van der Waals surface area contributed by atoms with Gasteiger partial charge in [0.05, 0.1) is 42.1 Å². The first kappa shape index (κ1) is 26.4. The largest absolute Gasteiger partial charge is 0.497 e. The molecule has 0 radical (unpaired) electrons. The van der Waals surface area contributed by atoms with Crippen LogP contribution in [0.25, 0.3) is 26.8 Å². The van der Waals surface area contributed by atoms with Crippen molar-refractivity contribution in [2.75, 3.05) is 33.4 Å². The Hall–Kier alpha value is -4.87. The number of azo groups is 1. The monoisotopic (exact) mass is 566 g/mol. The minimum absolute atomic E-state index is 0.117. The predicted octanol–water partition coefficient (Wildman–Crippen LogP) is 5.85. The molecule has 10 nitrogen and oxygen atoms in total. The van der Waals surface area contributed by atoms with E-state index in [1.54, 1.807) is 42.5 Å². The summed E-state index contributed by atoms with van der Waals surface area (Å²) in [5.41, 5.74) is 2.73. The summed E-state index contributed by atoms with van der Waals surface area (Å²) in [5, 5.41) is 12.4. The quantitative estimate of drug-likeness (QED) is 0.248. The van der Waals surface area contributed by atoms with Crippen molar-refractivity contribution in [3.8, 4) is 32.6 Å². The van der Waals surface area contributed by atoms with E-state index in [-0.39, 0.29) is 11.6 Å². The van der Waals surface area contributed by atoms with Gasteiger partial charge in [-0.25, -0.2) is 4.98 Å². The molecular weight excluding hydrogens is 540 g/mol. The van der Waals surface area contributed by atoms with Gasteiger partial charge in [0.2, 0.25) is 5.13 Å². The number of aromatic amines is 1. The normalized spacial score (nSPS) is 13.5. The van der Waals surface area contributed by atoms with Crippen LogP contribution >= 0.6 is 11.3 Å². The van der Waals surface area contributed by atoms with E-state index in [4.69, 9.17) is 9.47 Å². The minimum atomic E-state index is -0.403. The second-order valence-electron chi connectivity index (χ2n) is 9.20. The van der Waals surface area contributed by atoms with E-state index in [1.807, 2.05) is 54.6 Å². The Labute approximate surface area is 239 Å². The third-order valence-electron chi connectivity index (χ3n) is 6.68. The first-order valence-electron chi connectivity index (χ1n) is 13.0. The molecule has 1 amide bonds. The second kappa shape index (κ2) is 11.7. The molecule has 5 aromatic rings. The molecule has 1 aliphatic rings. The van der Waals surface area contributed by atoms with Crippen molar-refractivity contribution >= 4 is 28.6 Å². The Morgan fingerprint density at radius 3 is 2.44 bits per heavy atom. The van der Waals surface area contributed by atoms with Crippen LogP contribution in [0.1, 0.15) is 10.4 Å². The van der Waals surface area contributed by atoms with Crippen molar-refractivity contribution in [1.82, 2.24) is 19.7 Å². The predicted molar refractivity (Wildman–Crippen MR) is 157 cm³/mol. The molecule has 11 heteroatoms. The van der Waals surface area contributed by atoms with Crippen molar-refractivity contribution in [1.29, 1.82) is 0 Å². The molecule has 0 spiro atoms. The van der Waals surface area contributed by atoms with Crippen LogP contribution in [-0.2, 0) is 4.74 Å². The van der Waals surface area contributed by atoms with Crippen LogP contribution in [-0.4, -0.2) is 59.0 Å². The lowest BCUT2D eigenvalue weighted by Crippen LogP contribution is -2.40. The number of aromatic nitrogens is 3. The molecule has 0 bridgehead atoms. The van der Waals surface area contributed by atoms with Crippen LogP contribution < -0.4 is 10.3 Å². The average Bonchev–Trinajstić information content (AvgIpc) is 3.65. The number of thiazole rings is 1. The first-order chi connectivity index (χ1) is 20.1. The fourth-order valence-electron chi connectivity index (χ4n) is 4.50. The Bertz CT molecular complexity index is 1750. The zero-order valence-corrected chi connectivity index (χ0v) is 23.0. The van der Waals surface area contributed by atoms with Crippen LogP contribution in [0.5, 0.6) is 5.75 Å². The molecule has 1 N–H and O–H groups in total. The van der Waals surface area contributed by atoms with Gasteiger partial charge in [-0.05, 0) is 42.0 Å². The highest BCUT2D eigenvalue weighted by molar-refractivity contribution is 7.17. The number of carbonyl (C=O) groups is 1. The molecule has 3 heterocycles. The molecule has 1 aliphatic heterocycles. The fraction of sp³-hybridized carbons (Fsp3) is 0.167. The lowest BCUT2D eigenvalue weighted by molar-refractivity contribution is 0.0303. The van der Waals surface area contributed by atoms with Crippen molar-refractivity contribution in [2.45, 2.75) is 0 Å². The number of ether oxygens (including phenoxy) is 2. The zero-order chi connectivity index (χ0) is 28.2. The van der Waals surface area contributed by atoms with Crippen LogP contribution in [0.2, 0.25) is 0 Å². The van der Waals surface area contributed by atoms with Crippen LogP contribution in [0.3, 0.4) is 0 Å². The Kier molecular flexibility index (Phi) is 7.52. The van der Waals surface area contributed by atoms with Gasteiger partial charge in [-0.3, -0.25) is 14.7 Å². The van der Waals surface area contributed by atoms with Crippen molar-refractivity contribution in [3.63, 3.8) is 0 Å². The summed E-state index contributed by atoms with van der Waals surface area (Å²) in [7, 11) is 1.62. The van der Waals surface area contributed by atoms with E-state index >= 15 is 0 Å². The summed E-state index contributed by atoms with van der Waals surface area (Å²) < 4.78 is 12.0. The number of methoxy groups -OCH3 is 1. The van der Waals surface area contributed by atoms with Crippen molar-refractivity contribution in [2.24, 2.45) is 10.2 Å². The summed E-state index contributed by atoms with van der Waals surface area (Å²) in [6, 6.07) is 24.1. The van der Waals surface area contributed by atoms with Gasteiger partial charge < -0.3 is 14.4 Å². The molecule has 0 aliphatic carbocycles. The summed E-state index contributed by atoms with van der Waals surface area (Å²) in [6.45, 7) is 2.01. The fourth-order valence-corrected chi connectivity index (χ4v) is 5.38. The first-order valence-corrected chi connectivity index (χ1v) is 13.8. The molecule has 0 unspecified atom stereocenters. The van der Waals surface area contributed by atoms with Gasteiger partial charge in [-0.2, -0.15) is 4.68 Å². The summed E-state index contributed by atoms with van der Waals surface area (Å²) in [6.07, 6.45) is 1.73. The van der Waals surface area contributed by atoms with E-state index in [0.29, 0.717) is 48.4 Å². The smallest absolute Gasteiger partial charge is 0.301 e. The van der Waals surface area contributed by atoms with Crippen molar-refractivity contribution < 1.29 is 14.3 Å². The van der Waals surface area contributed by atoms with Gasteiger partial charge in [0, 0.05) is 24.8 Å². The average molecular weight is 567 g/mol. The molecule has 41 heavy (non-hydrogen) atoms. The molecule has 0 saturated carbocycles. The number of hydrogen-bond acceptors (Lipinski definition) is 8. The molecule has 1 saturated heterocycles. The minimum Gasteiger partial charge on any atom is -0.497 e.